The molecule has 7 heteroatoms. The molecule has 0 radical (unpaired) electrons. The first kappa shape index (κ1) is 14.8. The normalized spacial score (nSPS) is 13.4. The average Bonchev–Trinajstić information content (AvgIpc) is 2.27. The third kappa shape index (κ3) is 3.64. The Bertz CT molecular complexity index is 448. The summed E-state index contributed by atoms with van der Waals surface area (Å²) < 4.78 is 37.6. The van der Waals surface area contributed by atoms with E-state index in [1.807, 2.05) is 0 Å². The lowest BCUT2D eigenvalue weighted by Gasteiger charge is -2.14. The summed E-state index contributed by atoms with van der Waals surface area (Å²) in [6, 6.07) is 3.07. The molecule has 0 aliphatic rings. The van der Waals surface area contributed by atoms with Crippen LogP contribution in [-0.2, 0) is 6.18 Å². The molecule has 4 N–H and O–H groups in total. The molecule has 3 nitrogen and oxygen atoms in total. The molecular formula is C11H13F3N2OS. The smallest absolute Gasteiger partial charge is 0.395 e. The van der Waals surface area contributed by atoms with Crippen LogP contribution in [0.5, 0.6) is 0 Å². The minimum Gasteiger partial charge on any atom is -0.395 e. The molecule has 0 heterocycles. The molecule has 0 saturated heterocycles. The van der Waals surface area contributed by atoms with Crippen molar-refractivity contribution in [3.8, 4) is 0 Å². The molecule has 1 rings (SSSR count). The van der Waals surface area contributed by atoms with Gasteiger partial charge in [0.15, 0.2) is 0 Å². The van der Waals surface area contributed by atoms with Gasteiger partial charge in [-0.05, 0) is 18.2 Å². The lowest BCUT2D eigenvalue weighted by Crippen LogP contribution is -2.16. The Morgan fingerprint density at radius 1 is 1.50 bits per heavy atom. The van der Waals surface area contributed by atoms with Crippen molar-refractivity contribution >= 4 is 17.6 Å². The number of rotatable bonds is 4. The van der Waals surface area contributed by atoms with Gasteiger partial charge in [-0.1, -0.05) is 6.92 Å². The second-order valence-corrected chi connectivity index (χ2v) is 5.21. The molecule has 18 heavy (non-hydrogen) atoms. The molecule has 1 atom stereocenters. The third-order valence-corrected chi connectivity index (χ3v) is 3.34. The zero-order valence-corrected chi connectivity index (χ0v) is 10.4. The molecule has 0 aliphatic carbocycles. The maximum atomic E-state index is 12.5. The van der Waals surface area contributed by atoms with Gasteiger partial charge in [0.25, 0.3) is 0 Å². The fourth-order valence-corrected chi connectivity index (χ4v) is 2.22. The zero-order chi connectivity index (χ0) is 13.9. The number of nitrogens with one attached hydrogen (secondary N) is 1. The molecule has 0 fully saturated rings. The Morgan fingerprint density at radius 3 is 2.56 bits per heavy atom. The van der Waals surface area contributed by atoms with E-state index >= 15 is 0 Å². The number of thioether (sulfide) groups is 1. The number of hydrogen-bond acceptors (Lipinski definition) is 3. The topological polar surface area (TPSA) is 70.1 Å². The second kappa shape index (κ2) is 5.62. The van der Waals surface area contributed by atoms with Crippen molar-refractivity contribution in [2.75, 3.05) is 6.61 Å². The molecule has 0 saturated carbocycles. The predicted molar refractivity (Wildman–Crippen MR) is 64.9 cm³/mol. The van der Waals surface area contributed by atoms with Gasteiger partial charge in [0.05, 0.1) is 12.2 Å². The van der Waals surface area contributed by atoms with E-state index in [-0.39, 0.29) is 17.4 Å². The van der Waals surface area contributed by atoms with E-state index in [0.29, 0.717) is 4.90 Å². The molecule has 1 aromatic rings. The zero-order valence-electron chi connectivity index (χ0n) is 9.58. The van der Waals surface area contributed by atoms with Crippen molar-refractivity contribution in [3.05, 3.63) is 29.3 Å². The number of nitrogen functional groups attached to an aromatic ring is 1. The number of alkyl halides is 3. The van der Waals surface area contributed by atoms with Crippen LogP contribution in [-0.4, -0.2) is 22.8 Å². The molecule has 0 aromatic heterocycles. The van der Waals surface area contributed by atoms with Gasteiger partial charge in [-0.15, -0.1) is 11.8 Å². The Balaban J connectivity index is 3.17. The standard InChI is InChI=1S/C11H13F3N2OS/c1-6(5-17)18-9-3-2-7(11(12,13)14)4-8(9)10(15)16/h2-4,6,17H,5H2,1H3,(H3,15,16). The molecule has 1 unspecified atom stereocenters. The van der Waals surface area contributed by atoms with Gasteiger partial charge >= 0.3 is 6.18 Å². The maximum absolute atomic E-state index is 12.5. The van der Waals surface area contributed by atoms with Crippen molar-refractivity contribution in [1.29, 1.82) is 5.41 Å². The monoisotopic (exact) mass is 278 g/mol. The van der Waals surface area contributed by atoms with Gasteiger partial charge < -0.3 is 10.8 Å². The number of nitrogens with two attached hydrogens (primary N) is 1. The van der Waals surface area contributed by atoms with Gasteiger partial charge in [0, 0.05) is 15.7 Å². The Labute approximate surface area is 107 Å². The highest BCUT2D eigenvalue weighted by molar-refractivity contribution is 8.00. The summed E-state index contributed by atoms with van der Waals surface area (Å²) in [5, 5.41) is 16.1. The van der Waals surface area contributed by atoms with Crippen LogP contribution in [0.4, 0.5) is 13.2 Å². The minimum atomic E-state index is -4.46. The minimum absolute atomic E-state index is 0.0372. The fourth-order valence-electron chi connectivity index (χ4n) is 1.27. The van der Waals surface area contributed by atoms with Crippen LogP contribution in [0.1, 0.15) is 18.1 Å². The molecular weight excluding hydrogens is 265 g/mol. The molecule has 0 bridgehead atoms. The summed E-state index contributed by atoms with van der Waals surface area (Å²) >= 11 is 1.18. The highest BCUT2D eigenvalue weighted by Gasteiger charge is 2.31. The third-order valence-electron chi connectivity index (χ3n) is 2.18. The van der Waals surface area contributed by atoms with Crippen molar-refractivity contribution in [2.24, 2.45) is 5.73 Å². The summed E-state index contributed by atoms with van der Waals surface area (Å²) in [7, 11) is 0. The quantitative estimate of drug-likeness (QED) is 0.450. The number of aliphatic hydroxyl groups is 1. The first-order valence-corrected chi connectivity index (χ1v) is 5.96. The van der Waals surface area contributed by atoms with Crippen LogP contribution in [0.25, 0.3) is 0 Å². The van der Waals surface area contributed by atoms with Gasteiger partial charge in [0.1, 0.15) is 5.84 Å². The first-order chi connectivity index (χ1) is 8.25. The number of hydrogen-bond donors (Lipinski definition) is 3. The summed E-state index contributed by atoms with van der Waals surface area (Å²) in [5.74, 6) is -0.422. The van der Waals surface area contributed by atoms with Crippen molar-refractivity contribution in [3.63, 3.8) is 0 Å². The van der Waals surface area contributed by atoms with Crippen LogP contribution in [0, 0.1) is 5.41 Å². The lowest BCUT2D eigenvalue weighted by molar-refractivity contribution is -0.137. The lowest BCUT2D eigenvalue weighted by atomic mass is 10.1. The molecule has 0 amide bonds. The van der Waals surface area contributed by atoms with E-state index in [1.165, 1.54) is 17.8 Å². The summed E-state index contributed by atoms with van der Waals surface area (Å²) in [4.78, 5) is 0.456. The van der Waals surface area contributed by atoms with Crippen molar-refractivity contribution in [2.45, 2.75) is 23.2 Å². The van der Waals surface area contributed by atoms with Gasteiger partial charge in [-0.25, -0.2) is 0 Å². The van der Waals surface area contributed by atoms with Crippen molar-refractivity contribution < 1.29 is 18.3 Å². The highest BCUT2D eigenvalue weighted by atomic mass is 32.2. The average molecular weight is 278 g/mol. The van der Waals surface area contributed by atoms with Crippen LogP contribution in [0.3, 0.4) is 0 Å². The summed E-state index contributed by atoms with van der Waals surface area (Å²) in [6.07, 6.45) is -4.46. The van der Waals surface area contributed by atoms with Crippen LogP contribution < -0.4 is 5.73 Å². The van der Waals surface area contributed by atoms with Gasteiger partial charge in [-0.2, -0.15) is 13.2 Å². The summed E-state index contributed by atoms with van der Waals surface area (Å²) in [6.45, 7) is 1.62. The number of aliphatic hydroxyl groups excluding tert-OH is 1. The Kier molecular flexibility index (Phi) is 4.64. The Morgan fingerprint density at radius 2 is 2.11 bits per heavy atom. The number of benzene rings is 1. The van der Waals surface area contributed by atoms with E-state index in [1.54, 1.807) is 6.92 Å². The van der Waals surface area contributed by atoms with Crippen LogP contribution in [0.2, 0.25) is 0 Å². The molecule has 0 aliphatic heterocycles. The first-order valence-electron chi connectivity index (χ1n) is 5.09. The van der Waals surface area contributed by atoms with E-state index in [2.05, 4.69) is 0 Å². The molecule has 100 valence electrons. The van der Waals surface area contributed by atoms with Crippen LogP contribution >= 0.6 is 11.8 Å². The fraction of sp³-hybridized carbons (Fsp3) is 0.364. The van der Waals surface area contributed by atoms with E-state index < -0.39 is 17.6 Å². The van der Waals surface area contributed by atoms with E-state index in [0.717, 1.165) is 12.1 Å². The number of halogens is 3. The van der Waals surface area contributed by atoms with Crippen molar-refractivity contribution in [1.82, 2.24) is 0 Å². The van der Waals surface area contributed by atoms with E-state index in [9.17, 15) is 13.2 Å². The predicted octanol–water partition coefficient (Wildman–Crippen LogP) is 2.46. The summed E-state index contributed by atoms with van der Waals surface area (Å²) in [5.41, 5.74) is 4.48. The largest absolute Gasteiger partial charge is 0.416 e. The maximum Gasteiger partial charge on any atom is 0.416 e. The molecule has 0 spiro atoms. The number of amidine groups is 1. The van der Waals surface area contributed by atoms with E-state index in [4.69, 9.17) is 16.2 Å². The van der Waals surface area contributed by atoms with Gasteiger partial charge in [-0.3, -0.25) is 5.41 Å². The molecule has 1 aromatic carbocycles. The SMILES string of the molecule is CC(CO)Sc1ccc(C(F)(F)F)cc1C(=N)N. The Hall–Kier alpha value is -1.21. The van der Waals surface area contributed by atoms with Gasteiger partial charge in [0.2, 0.25) is 0 Å². The van der Waals surface area contributed by atoms with Crippen LogP contribution in [0.15, 0.2) is 23.1 Å². The second-order valence-electron chi connectivity index (χ2n) is 3.73. The highest BCUT2D eigenvalue weighted by Crippen LogP contribution is 2.34.